The molecule has 1 aliphatic heterocycles. The number of nitrogens with one attached hydrogen (secondary N) is 2. The molecule has 1 aromatic rings. The van der Waals surface area contributed by atoms with Crippen molar-refractivity contribution in [1.82, 2.24) is 15.5 Å². The highest BCUT2D eigenvalue weighted by Crippen LogP contribution is 2.25. The van der Waals surface area contributed by atoms with Gasteiger partial charge in [-0.3, -0.25) is 4.99 Å². The van der Waals surface area contributed by atoms with Crippen molar-refractivity contribution in [1.29, 1.82) is 0 Å². The van der Waals surface area contributed by atoms with Crippen molar-refractivity contribution in [2.75, 3.05) is 26.2 Å². The molecule has 140 valence electrons. The van der Waals surface area contributed by atoms with Crippen LogP contribution in [0.1, 0.15) is 57.6 Å². The van der Waals surface area contributed by atoms with Crippen LogP contribution in [-0.2, 0) is 6.42 Å². The lowest BCUT2D eigenvalue weighted by Gasteiger charge is -2.39. The summed E-state index contributed by atoms with van der Waals surface area (Å²) in [6.07, 6.45) is 12.1. The fourth-order valence-electron chi connectivity index (χ4n) is 4.10. The molecule has 3 rings (SSSR count). The minimum absolute atomic E-state index is 0.543. The van der Waals surface area contributed by atoms with E-state index in [2.05, 4.69) is 22.5 Å². The zero-order valence-corrected chi connectivity index (χ0v) is 15.7. The summed E-state index contributed by atoms with van der Waals surface area (Å²) in [4.78, 5) is 7.45. The maximum atomic E-state index is 5.38. The molecule has 0 bridgehead atoms. The fraction of sp³-hybridized carbons (Fsp3) is 0.750. The van der Waals surface area contributed by atoms with Gasteiger partial charge in [-0.25, -0.2) is 0 Å². The Morgan fingerprint density at radius 2 is 2.00 bits per heavy atom. The first kappa shape index (κ1) is 18.3. The zero-order chi connectivity index (χ0) is 17.3. The molecule has 5 heteroatoms. The Bertz CT molecular complexity index is 500. The molecule has 25 heavy (non-hydrogen) atoms. The molecule has 0 spiro atoms. The molecule has 0 amide bonds. The van der Waals surface area contributed by atoms with Crippen LogP contribution in [0.25, 0.3) is 0 Å². The van der Waals surface area contributed by atoms with E-state index in [4.69, 9.17) is 9.41 Å². The normalized spacial score (nSPS) is 21.4. The summed E-state index contributed by atoms with van der Waals surface area (Å²) >= 11 is 0. The molecule has 1 aliphatic carbocycles. The van der Waals surface area contributed by atoms with Gasteiger partial charge in [0.25, 0.3) is 0 Å². The summed E-state index contributed by atoms with van der Waals surface area (Å²) in [5.74, 6) is 1.95. The molecule has 2 N–H and O–H groups in total. The Labute approximate surface area is 152 Å². The molecule has 0 radical (unpaired) electrons. The predicted molar refractivity (Wildman–Crippen MR) is 103 cm³/mol. The average molecular weight is 347 g/mol. The third-order valence-electron chi connectivity index (χ3n) is 5.51. The van der Waals surface area contributed by atoms with Crippen molar-refractivity contribution in [3.63, 3.8) is 0 Å². The van der Waals surface area contributed by atoms with Crippen LogP contribution in [-0.4, -0.2) is 49.1 Å². The molecule has 2 heterocycles. The van der Waals surface area contributed by atoms with E-state index in [1.807, 2.05) is 12.1 Å². The van der Waals surface area contributed by atoms with Gasteiger partial charge >= 0.3 is 0 Å². The summed E-state index contributed by atoms with van der Waals surface area (Å²) in [6, 6.07) is 5.34. The highest BCUT2D eigenvalue weighted by molar-refractivity contribution is 5.80. The molecule has 1 saturated heterocycles. The largest absolute Gasteiger partial charge is 0.469 e. The van der Waals surface area contributed by atoms with Gasteiger partial charge in [0, 0.05) is 44.7 Å². The monoisotopic (exact) mass is 346 g/mol. The van der Waals surface area contributed by atoms with Crippen LogP contribution < -0.4 is 10.6 Å². The van der Waals surface area contributed by atoms with Crippen molar-refractivity contribution in [3.8, 4) is 0 Å². The minimum Gasteiger partial charge on any atom is -0.469 e. The van der Waals surface area contributed by atoms with Crippen LogP contribution in [0.2, 0.25) is 0 Å². The summed E-state index contributed by atoms with van der Waals surface area (Å²) in [5, 5.41) is 7.02. The Hall–Kier alpha value is -1.49. The lowest BCUT2D eigenvalue weighted by Crippen LogP contribution is -2.51. The molecule has 0 aromatic carbocycles. The Morgan fingerprint density at radius 1 is 1.20 bits per heavy atom. The number of likely N-dealkylation sites (tertiary alicyclic amines) is 1. The van der Waals surface area contributed by atoms with Gasteiger partial charge in [-0.2, -0.15) is 0 Å². The predicted octanol–water partition coefficient (Wildman–Crippen LogP) is 3.17. The Morgan fingerprint density at radius 3 is 2.68 bits per heavy atom. The molecule has 2 aliphatic rings. The van der Waals surface area contributed by atoms with Crippen LogP contribution in [0.3, 0.4) is 0 Å². The number of furan rings is 1. The van der Waals surface area contributed by atoms with Crippen LogP contribution >= 0.6 is 0 Å². The van der Waals surface area contributed by atoms with Gasteiger partial charge in [0.15, 0.2) is 5.96 Å². The first-order valence-electron chi connectivity index (χ1n) is 10.2. The van der Waals surface area contributed by atoms with Gasteiger partial charge in [0.05, 0.1) is 6.26 Å². The molecule has 2 fully saturated rings. The average Bonchev–Trinajstić information content (AvgIpc) is 3.17. The van der Waals surface area contributed by atoms with Gasteiger partial charge in [0.2, 0.25) is 0 Å². The van der Waals surface area contributed by atoms with Crippen LogP contribution in [0.15, 0.2) is 27.8 Å². The van der Waals surface area contributed by atoms with Crippen LogP contribution in [0.4, 0.5) is 0 Å². The number of hydrogen-bond acceptors (Lipinski definition) is 3. The maximum Gasteiger partial charge on any atom is 0.191 e. The van der Waals surface area contributed by atoms with Gasteiger partial charge < -0.3 is 20.0 Å². The summed E-state index contributed by atoms with van der Waals surface area (Å²) in [6.45, 7) is 6.23. The SMILES string of the molecule is CCNC(=NCCc1ccco1)NC1CCN(C2CCCCC2)CC1. The van der Waals surface area contributed by atoms with E-state index in [1.54, 1.807) is 6.26 Å². The fourth-order valence-corrected chi connectivity index (χ4v) is 4.10. The van der Waals surface area contributed by atoms with Crippen molar-refractivity contribution >= 4 is 5.96 Å². The van der Waals surface area contributed by atoms with E-state index in [1.165, 1.54) is 58.0 Å². The highest BCUT2D eigenvalue weighted by atomic mass is 16.3. The third kappa shape index (κ3) is 5.77. The number of rotatable bonds is 6. The highest BCUT2D eigenvalue weighted by Gasteiger charge is 2.26. The van der Waals surface area contributed by atoms with Gasteiger partial charge in [-0.1, -0.05) is 19.3 Å². The van der Waals surface area contributed by atoms with E-state index >= 15 is 0 Å². The summed E-state index contributed by atoms with van der Waals surface area (Å²) in [5.41, 5.74) is 0. The first-order valence-corrected chi connectivity index (χ1v) is 10.2. The van der Waals surface area contributed by atoms with Crippen molar-refractivity contribution < 1.29 is 4.42 Å². The summed E-state index contributed by atoms with van der Waals surface area (Å²) < 4.78 is 5.38. The molecular formula is C20H34N4O. The number of piperidine rings is 1. The van der Waals surface area contributed by atoms with Crippen LogP contribution in [0.5, 0.6) is 0 Å². The first-order chi connectivity index (χ1) is 12.3. The second kappa shape index (κ2) is 9.85. The number of nitrogens with zero attached hydrogens (tertiary/aromatic N) is 2. The Kier molecular flexibility index (Phi) is 7.22. The smallest absolute Gasteiger partial charge is 0.191 e. The molecule has 5 nitrogen and oxygen atoms in total. The van der Waals surface area contributed by atoms with Crippen molar-refractivity contribution in [2.24, 2.45) is 4.99 Å². The van der Waals surface area contributed by atoms with Crippen molar-refractivity contribution in [3.05, 3.63) is 24.2 Å². The number of aliphatic imine (C=N–C) groups is 1. The third-order valence-corrected chi connectivity index (χ3v) is 5.51. The quantitative estimate of drug-likeness (QED) is 0.614. The molecule has 0 atom stereocenters. The van der Waals surface area contributed by atoms with Gasteiger partial charge in [-0.05, 0) is 44.7 Å². The van der Waals surface area contributed by atoms with E-state index in [0.29, 0.717) is 6.04 Å². The topological polar surface area (TPSA) is 52.8 Å². The number of guanidine groups is 1. The standard InChI is InChI=1S/C20H34N4O/c1-2-21-20(22-13-10-19-9-6-16-25-19)23-17-11-14-24(15-12-17)18-7-4-3-5-8-18/h6,9,16-18H,2-5,7-8,10-15H2,1H3,(H2,21,22,23). The zero-order valence-electron chi connectivity index (χ0n) is 15.7. The maximum absolute atomic E-state index is 5.38. The van der Waals surface area contributed by atoms with E-state index in [0.717, 1.165) is 37.3 Å². The molecular weight excluding hydrogens is 312 g/mol. The van der Waals surface area contributed by atoms with Crippen LogP contribution in [0, 0.1) is 0 Å². The van der Waals surface area contributed by atoms with Gasteiger partial charge in [-0.15, -0.1) is 0 Å². The molecule has 1 saturated carbocycles. The lowest BCUT2D eigenvalue weighted by atomic mass is 9.92. The lowest BCUT2D eigenvalue weighted by molar-refractivity contribution is 0.119. The van der Waals surface area contributed by atoms with E-state index < -0.39 is 0 Å². The Balaban J connectivity index is 1.42. The number of hydrogen-bond donors (Lipinski definition) is 2. The van der Waals surface area contributed by atoms with Crippen molar-refractivity contribution in [2.45, 2.75) is 70.4 Å². The summed E-state index contributed by atoms with van der Waals surface area (Å²) in [7, 11) is 0. The second-order valence-electron chi connectivity index (χ2n) is 7.34. The van der Waals surface area contributed by atoms with E-state index in [-0.39, 0.29) is 0 Å². The second-order valence-corrected chi connectivity index (χ2v) is 7.34. The van der Waals surface area contributed by atoms with E-state index in [9.17, 15) is 0 Å². The van der Waals surface area contributed by atoms with Gasteiger partial charge in [0.1, 0.15) is 5.76 Å². The minimum atomic E-state index is 0.543. The molecule has 0 unspecified atom stereocenters. The molecule has 1 aromatic heterocycles.